The zero-order chi connectivity index (χ0) is 22.8. The zero-order valence-corrected chi connectivity index (χ0v) is 18.3. The second-order valence-corrected chi connectivity index (χ2v) is 7.64. The highest BCUT2D eigenvalue weighted by Crippen LogP contribution is 2.29. The Labute approximate surface area is 193 Å². The van der Waals surface area contributed by atoms with E-state index in [1.807, 2.05) is 0 Å². The van der Waals surface area contributed by atoms with Gasteiger partial charge >= 0.3 is 0 Å². The molecule has 160 valence electrons. The van der Waals surface area contributed by atoms with Gasteiger partial charge in [-0.3, -0.25) is 19.7 Å². The number of imide groups is 1. The first-order valence-electron chi connectivity index (χ1n) is 9.43. The van der Waals surface area contributed by atoms with Crippen molar-refractivity contribution in [3.05, 3.63) is 88.4 Å². The molecular formula is C23H16ClN3O4S. The van der Waals surface area contributed by atoms with Crippen LogP contribution in [0.15, 0.2) is 66.7 Å². The van der Waals surface area contributed by atoms with Crippen molar-refractivity contribution in [2.75, 3.05) is 17.3 Å². The van der Waals surface area contributed by atoms with Crippen LogP contribution in [0.25, 0.3) is 0 Å². The van der Waals surface area contributed by atoms with Gasteiger partial charge in [-0.05, 0) is 60.7 Å². The van der Waals surface area contributed by atoms with E-state index in [2.05, 4.69) is 10.6 Å². The summed E-state index contributed by atoms with van der Waals surface area (Å²) in [6.45, 7) is 0. The minimum absolute atomic E-state index is 0.0246. The minimum atomic E-state index is -0.502. The Kier molecular flexibility index (Phi) is 5.89. The molecule has 0 spiro atoms. The molecule has 3 aromatic carbocycles. The highest BCUT2D eigenvalue weighted by molar-refractivity contribution is 7.80. The lowest BCUT2D eigenvalue weighted by Crippen LogP contribution is -2.34. The van der Waals surface area contributed by atoms with Gasteiger partial charge in [0.15, 0.2) is 5.11 Å². The summed E-state index contributed by atoms with van der Waals surface area (Å²) >= 11 is 11.2. The number of hydrogen-bond donors (Lipinski definition) is 2. The van der Waals surface area contributed by atoms with E-state index in [9.17, 15) is 14.4 Å². The van der Waals surface area contributed by atoms with Crippen LogP contribution in [-0.2, 0) is 0 Å². The van der Waals surface area contributed by atoms with Gasteiger partial charge in [-0.2, -0.15) is 0 Å². The molecule has 1 aliphatic rings. The summed E-state index contributed by atoms with van der Waals surface area (Å²) in [5, 5.41) is 5.85. The number of amides is 3. The summed E-state index contributed by atoms with van der Waals surface area (Å²) in [4.78, 5) is 39.1. The van der Waals surface area contributed by atoms with E-state index < -0.39 is 17.7 Å². The van der Waals surface area contributed by atoms with Crippen LogP contribution in [0.4, 0.5) is 11.4 Å². The lowest BCUT2D eigenvalue weighted by atomic mass is 10.1. The maximum atomic E-state index is 12.7. The number of halogens is 1. The molecule has 4 rings (SSSR count). The first-order chi connectivity index (χ1) is 15.4. The minimum Gasteiger partial charge on any atom is -0.496 e. The number of carbonyl (C=O) groups excluding carboxylic acids is 3. The molecule has 3 amide bonds. The zero-order valence-electron chi connectivity index (χ0n) is 16.7. The summed E-state index contributed by atoms with van der Waals surface area (Å²) in [6, 6.07) is 17.9. The number of fused-ring (bicyclic) bond motifs is 1. The number of nitrogens with zero attached hydrogens (tertiary/aromatic N) is 1. The molecule has 3 aromatic rings. The van der Waals surface area contributed by atoms with Crippen LogP contribution in [0.2, 0.25) is 5.02 Å². The highest BCUT2D eigenvalue weighted by atomic mass is 35.5. The lowest BCUT2D eigenvalue weighted by molar-refractivity contribution is 0.0923. The Bertz CT molecular complexity index is 1240. The fourth-order valence-electron chi connectivity index (χ4n) is 3.34. The van der Waals surface area contributed by atoms with Crippen molar-refractivity contribution in [3.63, 3.8) is 0 Å². The predicted molar refractivity (Wildman–Crippen MR) is 126 cm³/mol. The van der Waals surface area contributed by atoms with Crippen molar-refractivity contribution < 1.29 is 19.1 Å². The maximum absolute atomic E-state index is 12.7. The average molecular weight is 466 g/mol. The van der Waals surface area contributed by atoms with Gasteiger partial charge in [-0.1, -0.05) is 29.8 Å². The monoisotopic (exact) mass is 465 g/mol. The number of methoxy groups -OCH3 is 1. The van der Waals surface area contributed by atoms with Crippen LogP contribution in [-0.4, -0.2) is 29.9 Å². The van der Waals surface area contributed by atoms with E-state index >= 15 is 0 Å². The molecule has 0 bridgehead atoms. The smallest absolute Gasteiger partial charge is 0.266 e. The molecule has 0 aromatic heterocycles. The Morgan fingerprint density at radius 3 is 2.31 bits per heavy atom. The van der Waals surface area contributed by atoms with Gasteiger partial charge in [-0.15, -0.1) is 0 Å². The first-order valence-corrected chi connectivity index (χ1v) is 10.2. The van der Waals surface area contributed by atoms with Crippen LogP contribution >= 0.6 is 23.8 Å². The third-order valence-electron chi connectivity index (χ3n) is 4.79. The van der Waals surface area contributed by atoms with E-state index in [-0.39, 0.29) is 10.7 Å². The van der Waals surface area contributed by atoms with Gasteiger partial charge in [0.05, 0.1) is 29.5 Å². The number of carbonyl (C=O) groups is 3. The molecule has 0 aliphatic carbocycles. The summed E-state index contributed by atoms with van der Waals surface area (Å²) in [7, 11) is 1.45. The van der Waals surface area contributed by atoms with Crippen molar-refractivity contribution in [1.29, 1.82) is 0 Å². The number of benzene rings is 3. The van der Waals surface area contributed by atoms with Crippen LogP contribution in [0.5, 0.6) is 5.75 Å². The molecule has 32 heavy (non-hydrogen) atoms. The van der Waals surface area contributed by atoms with Crippen LogP contribution < -0.4 is 20.3 Å². The fourth-order valence-corrected chi connectivity index (χ4v) is 3.72. The SMILES string of the molecule is COc1ccc(Cl)cc1C(=O)NC(=S)Nc1cccc(N2C(=O)c3ccccc3C2=O)c1. The van der Waals surface area contributed by atoms with E-state index in [0.29, 0.717) is 33.3 Å². The molecule has 0 saturated carbocycles. The average Bonchev–Trinajstić information content (AvgIpc) is 3.04. The fraction of sp³-hybridized carbons (Fsp3) is 0.0435. The van der Waals surface area contributed by atoms with E-state index in [1.165, 1.54) is 13.2 Å². The Morgan fingerprint density at radius 1 is 0.969 bits per heavy atom. The summed E-state index contributed by atoms with van der Waals surface area (Å²) in [5.74, 6) is -0.945. The summed E-state index contributed by atoms with van der Waals surface area (Å²) < 4.78 is 5.19. The van der Waals surface area contributed by atoms with E-state index in [1.54, 1.807) is 60.7 Å². The van der Waals surface area contributed by atoms with Gasteiger partial charge in [0.1, 0.15) is 5.75 Å². The second kappa shape index (κ2) is 8.78. The third-order valence-corrected chi connectivity index (χ3v) is 5.23. The predicted octanol–water partition coefficient (Wildman–Crippen LogP) is 4.28. The molecule has 7 nitrogen and oxygen atoms in total. The number of hydrogen-bond acceptors (Lipinski definition) is 5. The van der Waals surface area contributed by atoms with Crippen LogP contribution in [0.1, 0.15) is 31.1 Å². The first kappa shape index (κ1) is 21.5. The number of thiocarbonyl (C=S) groups is 1. The van der Waals surface area contributed by atoms with E-state index in [4.69, 9.17) is 28.6 Å². The molecule has 2 N–H and O–H groups in total. The van der Waals surface area contributed by atoms with Gasteiger partial charge in [0, 0.05) is 10.7 Å². The standard InChI is InChI=1S/C23H16ClN3O4S/c1-31-19-10-9-13(24)11-18(19)20(28)26-23(32)25-14-5-4-6-15(12-14)27-21(29)16-7-2-3-8-17(16)22(27)30/h2-12H,1H3,(H2,25,26,28,32). The Balaban J connectivity index is 1.50. The molecule has 1 heterocycles. The summed E-state index contributed by atoms with van der Waals surface area (Å²) in [5.41, 5.74) is 1.81. The second-order valence-electron chi connectivity index (χ2n) is 6.79. The van der Waals surface area contributed by atoms with Gasteiger partial charge < -0.3 is 10.1 Å². The molecule has 0 unspecified atom stereocenters. The Morgan fingerprint density at radius 2 is 1.66 bits per heavy atom. The van der Waals surface area contributed by atoms with Gasteiger partial charge in [0.2, 0.25) is 0 Å². The largest absolute Gasteiger partial charge is 0.496 e. The van der Waals surface area contributed by atoms with Crippen molar-refractivity contribution >= 4 is 58.0 Å². The number of ether oxygens (including phenoxy) is 1. The van der Waals surface area contributed by atoms with Crippen molar-refractivity contribution in [2.24, 2.45) is 0 Å². The molecular weight excluding hydrogens is 450 g/mol. The molecule has 0 atom stereocenters. The molecule has 0 saturated heterocycles. The van der Waals surface area contributed by atoms with Crippen molar-refractivity contribution in [1.82, 2.24) is 5.32 Å². The Hall–Kier alpha value is -3.75. The number of rotatable bonds is 4. The lowest BCUT2D eigenvalue weighted by Gasteiger charge is -2.16. The van der Waals surface area contributed by atoms with Crippen molar-refractivity contribution in [3.8, 4) is 5.75 Å². The highest BCUT2D eigenvalue weighted by Gasteiger charge is 2.36. The molecule has 0 fully saturated rings. The quantitative estimate of drug-likeness (QED) is 0.442. The third kappa shape index (κ3) is 4.05. The summed E-state index contributed by atoms with van der Waals surface area (Å²) in [6.07, 6.45) is 0. The normalized spacial score (nSPS) is 12.4. The van der Waals surface area contributed by atoms with Crippen LogP contribution in [0.3, 0.4) is 0 Å². The van der Waals surface area contributed by atoms with E-state index in [0.717, 1.165) is 4.90 Å². The molecule has 9 heteroatoms. The molecule has 1 aliphatic heterocycles. The maximum Gasteiger partial charge on any atom is 0.266 e. The number of anilines is 2. The van der Waals surface area contributed by atoms with Gasteiger partial charge in [-0.25, -0.2) is 4.90 Å². The van der Waals surface area contributed by atoms with Crippen molar-refractivity contribution in [2.45, 2.75) is 0 Å². The van der Waals surface area contributed by atoms with Gasteiger partial charge in [0.25, 0.3) is 17.7 Å². The number of nitrogens with one attached hydrogen (secondary N) is 2. The molecule has 0 radical (unpaired) electrons. The topological polar surface area (TPSA) is 87.7 Å². The van der Waals surface area contributed by atoms with Crippen LogP contribution in [0, 0.1) is 0 Å².